The Morgan fingerprint density at radius 3 is 2.33 bits per heavy atom. The van der Waals surface area contributed by atoms with E-state index in [0.29, 0.717) is 19.0 Å². The van der Waals surface area contributed by atoms with E-state index >= 15 is 0 Å². The molecule has 5 heteroatoms. The van der Waals surface area contributed by atoms with Gasteiger partial charge in [0.15, 0.2) is 0 Å². The van der Waals surface area contributed by atoms with E-state index in [-0.39, 0.29) is 18.0 Å². The van der Waals surface area contributed by atoms with Crippen molar-refractivity contribution >= 4 is 17.3 Å². The minimum atomic E-state index is -0.266. The molecule has 18 heavy (non-hydrogen) atoms. The molecule has 1 aromatic rings. The van der Waals surface area contributed by atoms with Gasteiger partial charge >= 0.3 is 0 Å². The molecule has 3 nitrogen and oxygen atoms in total. The predicted molar refractivity (Wildman–Crippen MR) is 69.8 cm³/mol. The average molecular weight is 274 g/mol. The van der Waals surface area contributed by atoms with Crippen LogP contribution >= 0.6 is 11.6 Å². The van der Waals surface area contributed by atoms with Crippen LogP contribution in [0.4, 0.5) is 10.1 Å². The molecule has 1 heterocycles. The van der Waals surface area contributed by atoms with Gasteiger partial charge in [-0.2, -0.15) is 0 Å². The van der Waals surface area contributed by atoms with Gasteiger partial charge in [0.25, 0.3) is 0 Å². The van der Waals surface area contributed by atoms with Crippen LogP contribution in [0.3, 0.4) is 0 Å². The Labute approximate surface area is 111 Å². The fourth-order valence-corrected chi connectivity index (χ4v) is 2.45. The third kappa shape index (κ3) is 2.76. The van der Waals surface area contributed by atoms with Gasteiger partial charge in [0.1, 0.15) is 18.0 Å². The van der Waals surface area contributed by atoms with Crippen molar-refractivity contribution in [2.24, 2.45) is 0 Å². The summed E-state index contributed by atoms with van der Waals surface area (Å²) < 4.78 is 24.2. The fraction of sp³-hybridized carbons (Fsp3) is 0.538. The minimum absolute atomic E-state index is 0.0118. The van der Waals surface area contributed by atoms with Crippen LogP contribution in [0.25, 0.3) is 0 Å². The molecule has 0 aliphatic carbocycles. The smallest absolute Gasteiger partial charge is 0.125 e. The molecule has 1 saturated heterocycles. The van der Waals surface area contributed by atoms with Crippen LogP contribution in [-0.4, -0.2) is 39.5 Å². The van der Waals surface area contributed by atoms with Crippen LogP contribution < -0.4 is 4.90 Å². The van der Waals surface area contributed by atoms with Crippen LogP contribution in [0, 0.1) is 5.82 Å². The highest BCUT2D eigenvalue weighted by molar-refractivity contribution is 6.17. The first-order valence-corrected chi connectivity index (χ1v) is 6.37. The maximum absolute atomic E-state index is 13.5. The number of ether oxygens (including phenoxy) is 2. The number of hydrogen-bond acceptors (Lipinski definition) is 3. The fourth-order valence-electron chi connectivity index (χ4n) is 2.30. The van der Waals surface area contributed by atoms with Crippen LogP contribution in [0.5, 0.6) is 0 Å². The molecule has 0 spiro atoms. The van der Waals surface area contributed by atoms with Crippen molar-refractivity contribution in [2.45, 2.75) is 18.1 Å². The summed E-state index contributed by atoms with van der Waals surface area (Å²) in [6.07, 6.45) is 0.0236. The second-order valence-electron chi connectivity index (χ2n) is 4.40. The minimum Gasteiger partial charge on any atom is -0.377 e. The van der Waals surface area contributed by atoms with E-state index in [1.165, 1.54) is 12.1 Å². The zero-order chi connectivity index (χ0) is 13.1. The topological polar surface area (TPSA) is 21.7 Å². The van der Waals surface area contributed by atoms with Crippen molar-refractivity contribution in [3.8, 4) is 0 Å². The Kier molecular flexibility index (Phi) is 4.43. The van der Waals surface area contributed by atoms with Gasteiger partial charge in [0.2, 0.25) is 0 Å². The Morgan fingerprint density at radius 1 is 1.22 bits per heavy atom. The van der Waals surface area contributed by atoms with Gasteiger partial charge in [-0.1, -0.05) is 0 Å². The Morgan fingerprint density at radius 2 is 1.83 bits per heavy atom. The quantitative estimate of drug-likeness (QED) is 0.787. The Balaban J connectivity index is 2.20. The standard InChI is InChI=1S/C13H17ClFNO2/c1-17-12-7-16(8-13(12)18-2)11-4-9(6-14)3-10(15)5-11/h3-5,12-13H,6-8H2,1-2H3. The van der Waals surface area contributed by atoms with E-state index in [1.807, 2.05) is 6.07 Å². The molecule has 100 valence electrons. The molecule has 0 bridgehead atoms. The van der Waals surface area contributed by atoms with Crippen molar-refractivity contribution in [1.82, 2.24) is 0 Å². The maximum atomic E-state index is 13.5. The van der Waals surface area contributed by atoms with E-state index in [4.69, 9.17) is 21.1 Å². The summed E-state index contributed by atoms with van der Waals surface area (Å²) in [7, 11) is 3.33. The van der Waals surface area contributed by atoms with Gasteiger partial charge in [-0.3, -0.25) is 0 Å². The first-order chi connectivity index (χ1) is 8.67. The number of anilines is 1. The van der Waals surface area contributed by atoms with Gasteiger partial charge < -0.3 is 14.4 Å². The molecule has 1 fully saturated rings. The van der Waals surface area contributed by atoms with Crippen LogP contribution in [0.15, 0.2) is 18.2 Å². The number of halogens is 2. The molecule has 0 radical (unpaired) electrons. The molecule has 0 saturated carbocycles. The first kappa shape index (κ1) is 13.6. The second kappa shape index (κ2) is 5.87. The lowest BCUT2D eigenvalue weighted by Crippen LogP contribution is -2.27. The SMILES string of the molecule is COC1CN(c2cc(F)cc(CCl)c2)CC1OC. The number of methoxy groups -OCH3 is 2. The van der Waals surface area contributed by atoms with E-state index in [1.54, 1.807) is 14.2 Å². The highest BCUT2D eigenvalue weighted by Crippen LogP contribution is 2.25. The lowest BCUT2D eigenvalue weighted by molar-refractivity contribution is -0.00461. The number of alkyl halides is 1. The molecule has 0 aromatic heterocycles. The maximum Gasteiger partial charge on any atom is 0.125 e. The summed E-state index contributed by atoms with van der Waals surface area (Å²) in [4.78, 5) is 2.06. The van der Waals surface area contributed by atoms with Gasteiger partial charge in [0, 0.05) is 38.9 Å². The summed E-state index contributed by atoms with van der Waals surface area (Å²) in [6.45, 7) is 1.39. The van der Waals surface area contributed by atoms with Gasteiger partial charge in [-0.25, -0.2) is 4.39 Å². The lowest BCUT2D eigenvalue weighted by atomic mass is 10.2. The molecular weight excluding hydrogens is 257 g/mol. The molecular formula is C13H17ClFNO2. The molecule has 1 aliphatic heterocycles. The van der Waals surface area contributed by atoms with Crippen molar-refractivity contribution in [3.05, 3.63) is 29.6 Å². The molecule has 0 amide bonds. The molecule has 1 aromatic carbocycles. The van der Waals surface area contributed by atoms with Crippen molar-refractivity contribution in [3.63, 3.8) is 0 Å². The molecule has 0 N–H and O–H groups in total. The number of rotatable bonds is 4. The number of nitrogens with zero attached hydrogens (tertiary/aromatic N) is 1. The molecule has 2 rings (SSSR count). The molecule has 2 unspecified atom stereocenters. The summed E-state index contributed by atoms with van der Waals surface area (Å²) in [5.41, 5.74) is 1.61. The Bertz CT molecular complexity index is 404. The summed E-state index contributed by atoms with van der Waals surface area (Å²) in [6, 6.07) is 4.87. The third-order valence-electron chi connectivity index (χ3n) is 3.28. The number of benzene rings is 1. The van der Waals surface area contributed by atoms with Crippen molar-refractivity contribution < 1.29 is 13.9 Å². The summed E-state index contributed by atoms with van der Waals surface area (Å²) in [5.74, 6) is 0.0398. The monoisotopic (exact) mass is 273 g/mol. The second-order valence-corrected chi connectivity index (χ2v) is 4.67. The van der Waals surface area contributed by atoms with Crippen LogP contribution in [0.2, 0.25) is 0 Å². The summed E-state index contributed by atoms with van der Waals surface area (Å²) >= 11 is 5.75. The van der Waals surface area contributed by atoms with Crippen LogP contribution in [0.1, 0.15) is 5.56 Å². The molecule has 1 aliphatic rings. The zero-order valence-corrected chi connectivity index (χ0v) is 11.3. The van der Waals surface area contributed by atoms with Gasteiger partial charge in [0.05, 0.1) is 0 Å². The Hall–Kier alpha value is -0.840. The molecule has 2 atom stereocenters. The van der Waals surface area contributed by atoms with E-state index in [2.05, 4.69) is 4.90 Å². The zero-order valence-electron chi connectivity index (χ0n) is 10.5. The largest absolute Gasteiger partial charge is 0.377 e. The van der Waals surface area contributed by atoms with E-state index in [0.717, 1.165) is 11.3 Å². The predicted octanol–water partition coefficient (Wildman–Crippen LogP) is 2.41. The van der Waals surface area contributed by atoms with E-state index in [9.17, 15) is 4.39 Å². The average Bonchev–Trinajstić information content (AvgIpc) is 2.81. The van der Waals surface area contributed by atoms with Gasteiger partial charge in [-0.15, -0.1) is 11.6 Å². The highest BCUT2D eigenvalue weighted by atomic mass is 35.5. The van der Waals surface area contributed by atoms with Gasteiger partial charge in [-0.05, 0) is 23.8 Å². The van der Waals surface area contributed by atoms with Crippen LogP contribution in [-0.2, 0) is 15.4 Å². The number of hydrogen-bond donors (Lipinski definition) is 0. The normalized spacial score (nSPS) is 23.7. The first-order valence-electron chi connectivity index (χ1n) is 5.84. The lowest BCUT2D eigenvalue weighted by Gasteiger charge is -2.18. The third-order valence-corrected chi connectivity index (χ3v) is 3.59. The summed E-state index contributed by atoms with van der Waals surface area (Å²) in [5, 5.41) is 0. The highest BCUT2D eigenvalue weighted by Gasteiger charge is 2.33. The van der Waals surface area contributed by atoms with Crippen molar-refractivity contribution in [2.75, 3.05) is 32.2 Å². The van der Waals surface area contributed by atoms with Crippen molar-refractivity contribution in [1.29, 1.82) is 0 Å². The van der Waals surface area contributed by atoms with E-state index < -0.39 is 0 Å².